The molecule has 0 amide bonds. The van der Waals surface area contributed by atoms with Crippen molar-refractivity contribution in [2.24, 2.45) is 0 Å². The Labute approximate surface area is 99.4 Å². The van der Waals surface area contributed by atoms with Crippen LogP contribution >= 0.6 is 9.24 Å². The lowest BCUT2D eigenvalue weighted by Gasteiger charge is -1.89. The number of hydrogen-bond donors (Lipinski definition) is 0. The summed E-state index contributed by atoms with van der Waals surface area (Å²) in [4.78, 5) is 7.84. The number of aryl methyl sites for hydroxylation is 1. The second-order valence-electron chi connectivity index (χ2n) is 3.27. The van der Waals surface area contributed by atoms with Crippen LogP contribution in [0.15, 0.2) is 49.1 Å². The van der Waals surface area contributed by atoms with E-state index in [1.54, 1.807) is 18.6 Å². The Morgan fingerprint density at radius 3 is 2.12 bits per heavy atom. The smallest absolute Gasteiger partial charge is 0.0299 e. The monoisotopic (exact) mass is 232 g/mol. The second-order valence-corrected chi connectivity index (χ2v) is 3.68. The Kier molecular flexibility index (Phi) is 6.36. The minimum atomic E-state index is 1.02. The molecular formula is C13H17N2P. The molecule has 0 saturated heterocycles. The minimum absolute atomic E-state index is 1.02. The van der Waals surface area contributed by atoms with E-state index in [0.29, 0.717) is 0 Å². The van der Waals surface area contributed by atoms with Crippen molar-refractivity contribution in [1.29, 1.82) is 0 Å². The molecule has 84 valence electrons. The van der Waals surface area contributed by atoms with Crippen LogP contribution in [0.3, 0.4) is 0 Å². The summed E-state index contributed by atoms with van der Waals surface area (Å²) in [5, 5.41) is 0. The number of pyridine rings is 2. The fourth-order valence-electron chi connectivity index (χ4n) is 1.13. The summed E-state index contributed by atoms with van der Waals surface area (Å²) in [7, 11) is 2.67. The highest BCUT2D eigenvalue weighted by atomic mass is 31.0. The Morgan fingerprint density at radius 1 is 1.00 bits per heavy atom. The van der Waals surface area contributed by atoms with Crippen LogP contribution < -0.4 is 0 Å². The van der Waals surface area contributed by atoms with Gasteiger partial charge in [0.25, 0.3) is 0 Å². The van der Waals surface area contributed by atoms with E-state index < -0.39 is 0 Å². The highest BCUT2D eigenvalue weighted by molar-refractivity contribution is 7.15. The minimum Gasteiger partial charge on any atom is -0.265 e. The molecule has 0 aromatic carbocycles. The van der Waals surface area contributed by atoms with Gasteiger partial charge in [0.1, 0.15) is 0 Å². The van der Waals surface area contributed by atoms with E-state index in [0.717, 1.165) is 12.6 Å². The number of aromatic nitrogens is 2. The first-order chi connectivity index (χ1) is 7.86. The highest BCUT2D eigenvalue weighted by Gasteiger charge is 1.81. The molecule has 2 rings (SSSR count). The summed E-state index contributed by atoms with van der Waals surface area (Å²) in [6.07, 6.45) is 9.38. The van der Waals surface area contributed by atoms with Crippen LogP contribution in [0.2, 0.25) is 0 Å². The molecule has 0 spiro atoms. The first-order valence-corrected chi connectivity index (χ1v) is 6.16. The van der Waals surface area contributed by atoms with Crippen LogP contribution in [0.5, 0.6) is 0 Å². The van der Waals surface area contributed by atoms with Crippen molar-refractivity contribution >= 4 is 9.24 Å². The summed E-state index contributed by atoms with van der Waals surface area (Å²) in [6.45, 7) is 2.12. The molecule has 0 aliphatic carbocycles. The quantitative estimate of drug-likeness (QED) is 0.743. The third kappa shape index (κ3) is 4.99. The van der Waals surface area contributed by atoms with Gasteiger partial charge in [0.2, 0.25) is 0 Å². The summed E-state index contributed by atoms with van der Waals surface area (Å²) >= 11 is 0. The van der Waals surface area contributed by atoms with Crippen LogP contribution in [0, 0.1) is 0 Å². The van der Waals surface area contributed by atoms with Crippen molar-refractivity contribution in [2.75, 3.05) is 0 Å². The Bertz CT molecular complexity index is 336. The zero-order chi connectivity index (χ0) is 11.6. The molecule has 0 fully saturated rings. The molecule has 2 aromatic heterocycles. The highest BCUT2D eigenvalue weighted by Crippen LogP contribution is 2.01. The second kappa shape index (κ2) is 7.95. The lowest BCUT2D eigenvalue weighted by molar-refractivity contribution is 1.10. The summed E-state index contributed by atoms with van der Waals surface area (Å²) < 4.78 is 0. The maximum Gasteiger partial charge on any atom is 0.0299 e. The van der Waals surface area contributed by atoms with Crippen LogP contribution in [0.25, 0.3) is 0 Å². The normalized spacial score (nSPS) is 9.12. The summed E-state index contributed by atoms with van der Waals surface area (Å²) in [5.41, 5.74) is 2.61. The maximum atomic E-state index is 3.96. The van der Waals surface area contributed by atoms with Crippen LogP contribution in [-0.4, -0.2) is 9.97 Å². The fraction of sp³-hybridized carbons (Fsp3) is 0.231. The molecule has 0 radical (unpaired) electrons. The lowest BCUT2D eigenvalue weighted by Crippen LogP contribution is -1.77. The van der Waals surface area contributed by atoms with E-state index in [-0.39, 0.29) is 0 Å². The Hall–Kier alpha value is -1.27. The maximum absolute atomic E-state index is 3.96. The van der Waals surface area contributed by atoms with Crippen molar-refractivity contribution in [2.45, 2.75) is 19.5 Å². The molecule has 1 atom stereocenters. The molecule has 2 heterocycles. The van der Waals surface area contributed by atoms with Gasteiger partial charge in [0.15, 0.2) is 0 Å². The molecule has 1 unspecified atom stereocenters. The average Bonchev–Trinajstić information content (AvgIpc) is 2.41. The van der Waals surface area contributed by atoms with Gasteiger partial charge in [-0.15, -0.1) is 9.24 Å². The fourth-order valence-corrected chi connectivity index (χ4v) is 1.40. The molecule has 0 aliphatic rings. The Morgan fingerprint density at radius 2 is 1.75 bits per heavy atom. The number of rotatable bonds is 2. The molecule has 2 nitrogen and oxygen atoms in total. The van der Waals surface area contributed by atoms with Gasteiger partial charge in [0, 0.05) is 24.8 Å². The van der Waals surface area contributed by atoms with Gasteiger partial charge in [-0.3, -0.25) is 9.97 Å². The van der Waals surface area contributed by atoms with E-state index >= 15 is 0 Å². The molecule has 2 aromatic rings. The van der Waals surface area contributed by atoms with Gasteiger partial charge >= 0.3 is 0 Å². The van der Waals surface area contributed by atoms with Gasteiger partial charge in [-0.2, -0.15) is 0 Å². The zero-order valence-electron chi connectivity index (χ0n) is 9.50. The van der Waals surface area contributed by atoms with Gasteiger partial charge < -0.3 is 0 Å². The van der Waals surface area contributed by atoms with Crippen molar-refractivity contribution < 1.29 is 0 Å². The summed E-state index contributed by atoms with van der Waals surface area (Å²) in [6, 6.07) is 8.05. The molecular weight excluding hydrogens is 215 g/mol. The van der Waals surface area contributed by atoms with Crippen LogP contribution in [-0.2, 0) is 12.6 Å². The van der Waals surface area contributed by atoms with Gasteiger partial charge in [-0.1, -0.05) is 13.0 Å². The Balaban J connectivity index is 0.000000160. The molecule has 16 heavy (non-hydrogen) atoms. The first kappa shape index (κ1) is 12.8. The van der Waals surface area contributed by atoms with Gasteiger partial charge in [-0.25, -0.2) is 0 Å². The molecule has 0 saturated carbocycles. The molecule has 3 heteroatoms. The van der Waals surface area contributed by atoms with Gasteiger partial charge in [0.05, 0.1) is 0 Å². The van der Waals surface area contributed by atoms with E-state index in [9.17, 15) is 0 Å². The number of hydrogen-bond acceptors (Lipinski definition) is 2. The van der Waals surface area contributed by atoms with E-state index in [4.69, 9.17) is 0 Å². The first-order valence-electron chi connectivity index (χ1n) is 5.34. The predicted molar refractivity (Wildman–Crippen MR) is 71.3 cm³/mol. The van der Waals surface area contributed by atoms with Crippen molar-refractivity contribution in [3.63, 3.8) is 0 Å². The van der Waals surface area contributed by atoms with E-state index in [1.807, 2.05) is 24.4 Å². The van der Waals surface area contributed by atoms with E-state index in [2.05, 4.69) is 32.2 Å². The SMILES string of the molecule is CCc1cccnc1.PCc1ccncc1. The lowest BCUT2D eigenvalue weighted by atomic mass is 10.2. The van der Waals surface area contributed by atoms with Crippen LogP contribution in [0.4, 0.5) is 0 Å². The van der Waals surface area contributed by atoms with Crippen LogP contribution in [0.1, 0.15) is 18.1 Å². The molecule has 0 bridgehead atoms. The zero-order valence-corrected chi connectivity index (χ0v) is 10.7. The van der Waals surface area contributed by atoms with Crippen molar-refractivity contribution in [1.82, 2.24) is 9.97 Å². The van der Waals surface area contributed by atoms with Crippen molar-refractivity contribution in [3.8, 4) is 0 Å². The van der Waals surface area contributed by atoms with Crippen molar-refractivity contribution in [3.05, 3.63) is 60.2 Å². The number of nitrogens with zero attached hydrogens (tertiary/aromatic N) is 2. The predicted octanol–water partition coefficient (Wildman–Crippen LogP) is 3.10. The largest absolute Gasteiger partial charge is 0.265 e. The molecule has 0 aliphatic heterocycles. The third-order valence-electron chi connectivity index (χ3n) is 2.12. The van der Waals surface area contributed by atoms with Gasteiger partial charge in [-0.05, 0) is 41.9 Å². The summed E-state index contributed by atoms with van der Waals surface area (Å²) in [5.74, 6) is 0. The molecule has 0 N–H and O–H groups in total. The van der Waals surface area contributed by atoms with E-state index in [1.165, 1.54) is 11.1 Å². The third-order valence-corrected chi connectivity index (χ3v) is 2.59. The standard InChI is InChI=1S/C7H9N.C6H8NP/c1-2-7-4-3-5-8-6-7;8-5-6-1-3-7-4-2-6/h3-6H,2H2,1H3;1-4H,5,8H2. The average molecular weight is 232 g/mol. The topological polar surface area (TPSA) is 25.8 Å².